The first kappa shape index (κ1) is 30.6. The summed E-state index contributed by atoms with van der Waals surface area (Å²) in [6, 6.07) is 13.4. The average Bonchev–Trinajstić information content (AvgIpc) is 3.29. The fourth-order valence-electron chi connectivity index (χ4n) is 7.09. The van der Waals surface area contributed by atoms with Crippen molar-refractivity contribution in [2.45, 2.75) is 103 Å². The van der Waals surface area contributed by atoms with E-state index in [0.29, 0.717) is 29.5 Å². The number of hydrogen-bond acceptors (Lipinski definition) is 4. The number of piperidine rings is 1. The van der Waals surface area contributed by atoms with Crippen LogP contribution >= 0.6 is 0 Å². The van der Waals surface area contributed by atoms with Crippen LogP contribution in [0, 0.1) is 17.7 Å². The van der Waals surface area contributed by atoms with Crippen LogP contribution < -0.4 is 10.9 Å². The molecule has 2 fully saturated rings. The normalized spacial score (nSPS) is 22.2. The highest BCUT2D eigenvalue weighted by molar-refractivity contribution is 5.95. The molecular weight excluding hydrogens is 529 g/mol. The molecule has 1 aliphatic carbocycles. The van der Waals surface area contributed by atoms with Gasteiger partial charge in [0.1, 0.15) is 5.82 Å². The van der Waals surface area contributed by atoms with E-state index in [1.807, 2.05) is 13.8 Å². The highest BCUT2D eigenvalue weighted by Crippen LogP contribution is 2.35. The molecule has 3 aromatic rings. The van der Waals surface area contributed by atoms with Crippen molar-refractivity contribution in [3.05, 3.63) is 65.0 Å². The van der Waals surface area contributed by atoms with E-state index in [2.05, 4.69) is 63.7 Å². The summed E-state index contributed by atoms with van der Waals surface area (Å²) in [7, 11) is 0. The number of nitrogens with one attached hydrogen (secondary N) is 2. The second-order valence-corrected chi connectivity index (χ2v) is 13.5. The summed E-state index contributed by atoms with van der Waals surface area (Å²) < 4.78 is 16.1. The maximum atomic E-state index is 13.9. The van der Waals surface area contributed by atoms with Gasteiger partial charge in [0.15, 0.2) is 0 Å². The summed E-state index contributed by atoms with van der Waals surface area (Å²) in [5.74, 6) is 0.0509. The first-order valence-corrected chi connectivity index (χ1v) is 15.8. The summed E-state index contributed by atoms with van der Waals surface area (Å²) in [6.07, 6.45) is 6.23. The van der Waals surface area contributed by atoms with E-state index in [-0.39, 0.29) is 11.6 Å². The number of carbonyl (C=O) groups is 1. The van der Waals surface area contributed by atoms with Crippen LogP contribution in [0.15, 0.2) is 47.5 Å². The van der Waals surface area contributed by atoms with Crippen molar-refractivity contribution in [3.63, 3.8) is 0 Å². The molecule has 0 radical (unpaired) electrons. The van der Waals surface area contributed by atoms with Gasteiger partial charge in [0.2, 0.25) is 5.62 Å². The van der Waals surface area contributed by atoms with Crippen LogP contribution in [-0.4, -0.2) is 56.2 Å². The maximum absolute atomic E-state index is 13.9. The molecule has 1 aromatic heterocycles. The third-order valence-electron chi connectivity index (χ3n) is 9.48. The quantitative estimate of drug-likeness (QED) is 0.309. The Bertz CT molecular complexity index is 1440. The second kappa shape index (κ2) is 12.8. The first-order chi connectivity index (χ1) is 20.0. The van der Waals surface area contributed by atoms with Gasteiger partial charge in [0.25, 0.3) is 5.91 Å². The lowest BCUT2D eigenvalue weighted by molar-refractivity contribution is -0.0136. The van der Waals surface area contributed by atoms with Crippen LogP contribution in [0.2, 0.25) is 0 Å². The Morgan fingerprint density at radius 1 is 1.07 bits per heavy atom. The van der Waals surface area contributed by atoms with E-state index >= 15 is 0 Å². The molecule has 2 aliphatic rings. The van der Waals surface area contributed by atoms with Crippen molar-refractivity contribution >= 4 is 16.9 Å². The number of rotatable bonds is 8. The molecule has 0 bridgehead atoms. The summed E-state index contributed by atoms with van der Waals surface area (Å²) in [5.41, 5.74) is 3.37. The molecule has 2 aromatic carbocycles. The van der Waals surface area contributed by atoms with Crippen LogP contribution in [0.3, 0.4) is 0 Å². The van der Waals surface area contributed by atoms with Gasteiger partial charge >= 0.3 is 0 Å². The Labute approximate surface area is 249 Å². The Kier molecular flexibility index (Phi) is 9.35. The molecule has 2 heterocycles. The van der Waals surface area contributed by atoms with Gasteiger partial charge in [-0.25, -0.2) is 4.39 Å². The highest BCUT2D eigenvalue weighted by Gasteiger charge is 2.31. The van der Waals surface area contributed by atoms with Gasteiger partial charge in [-0.15, -0.1) is 0 Å². The third-order valence-corrected chi connectivity index (χ3v) is 9.48. The number of nitrogens with zero attached hydrogens (tertiary/aromatic N) is 3. The van der Waals surface area contributed by atoms with Gasteiger partial charge in [-0.2, -0.15) is 4.99 Å². The van der Waals surface area contributed by atoms with E-state index in [9.17, 15) is 14.3 Å². The number of halogens is 1. The van der Waals surface area contributed by atoms with Crippen LogP contribution in [0.4, 0.5) is 4.39 Å². The SMILES string of the molecule is CC(C)NC(C)[C@H]1CC[C@@H](n2/c(=N/C(=O)c3cccc(F)c3)[nH]c3ccc(CN4CCC(C(C)(C)O)CC4)cc32)CC1. The predicted molar refractivity (Wildman–Crippen MR) is 166 cm³/mol. The summed E-state index contributed by atoms with van der Waals surface area (Å²) in [4.78, 5) is 23.5. The molecule has 1 aliphatic heterocycles. The standard InChI is InChI=1S/C34H48FN5O2/c1-22(2)36-23(3)25-10-12-29(13-11-25)40-31-19-24(21-39-17-15-27(16-18-39)34(4,5)42)9-14-30(31)37-33(40)38-32(41)26-7-6-8-28(35)20-26/h6-9,14,19-20,22-23,25,27,29,36,42H,10-13,15-18,21H2,1-5H3,(H,37,38,41)/t23?,25-,29+. The number of aliphatic hydroxyl groups is 1. The zero-order valence-corrected chi connectivity index (χ0v) is 25.9. The van der Waals surface area contributed by atoms with E-state index in [1.165, 1.54) is 17.7 Å². The molecule has 7 nitrogen and oxygen atoms in total. The van der Waals surface area contributed by atoms with Gasteiger partial charge in [0, 0.05) is 30.2 Å². The molecule has 42 heavy (non-hydrogen) atoms. The number of fused-ring (bicyclic) bond motifs is 1. The van der Waals surface area contributed by atoms with Crippen molar-refractivity contribution in [1.82, 2.24) is 19.8 Å². The lowest BCUT2D eigenvalue weighted by Crippen LogP contribution is -2.41. The predicted octanol–water partition coefficient (Wildman–Crippen LogP) is 5.95. The van der Waals surface area contributed by atoms with Crippen LogP contribution in [0.1, 0.15) is 95.1 Å². The van der Waals surface area contributed by atoms with Crippen LogP contribution in [-0.2, 0) is 6.54 Å². The maximum Gasteiger partial charge on any atom is 0.280 e. The number of likely N-dealkylation sites (tertiary alicyclic amines) is 1. The fourth-order valence-corrected chi connectivity index (χ4v) is 7.09. The zero-order valence-electron chi connectivity index (χ0n) is 25.9. The lowest BCUT2D eigenvalue weighted by Gasteiger charge is -2.37. The number of hydrogen-bond donors (Lipinski definition) is 3. The molecule has 1 saturated carbocycles. The molecule has 1 unspecified atom stereocenters. The first-order valence-electron chi connectivity index (χ1n) is 15.8. The highest BCUT2D eigenvalue weighted by atomic mass is 19.1. The number of H-pyrrole nitrogens is 1. The summed E-state index contributed by atoms with van der Waals surface area (Å²) in [6.45, 7) is 13.3. The largest absolute Gasteiger partial charge is 0.390 e. The van der Waals surface area contributed by atoms with Gasteiger partial charge in [0.05, 0.1) is 16.6 Å². The van der Waals surface area contributed by atoms with Gasteiger partial charge in [-0.3, -0.25) is 9.69 Å². The van der Waals surface area contributed by atoms with Gasteiger partial charge < -0.3 is 20.0 Å². The summed E-state index contributed by atoms with van der Waals surface area (Å²) >= 11 is 0. The number of aromatic amines is 1. The molecule has 5 rings (SSSR count). The smallest absolute Gasteiger partial charge is 0.280 e. The molecule has 228 valence electrons. The Hall–Kier alpha value is -2.81. The van der Waals surface area contributed by atoms with E-state index in [4.69, 9.17) is 0 Å². The van der Waals surface area contributed by atoms with Crippen LogP contribution in [0.5, 0.6) is 0 Å². The molecule has 1 atom stereocenters. The molecule has 1 amide bonds. The van der Waals surface area contributed by atoms with Crippen LogP contribution in [0.25, 0.3) is 11.0 Å². The van der Waals surface area contributed by atoms with Crippen molar-refractivity contribution in [2.75, 3.05) is 13.1 Å². The number of aromatic nitrogens is 2. The number of amides is 1. The minimum absolute atomic E-state index is 0.220. The minimum atomic E-state index is -0.633. The second-order valence-electron chi connectivity index (χ2n) is 13.5. The molecule has 3 N–H and O–H groups in total. The van der Waals surface area contributed by atoms with E-state index in [1.54, 1.807) is 12.1 Å². The minimum Gasteiger partial charge on any atom is -0.390 e. The summed E-state index contributed by atoms with van der Waals surface area (Å²) in [5, 5.41) is 14.1. The van der Waals surface area contributed by atoms with Crippen molar-refractivity contribution < 1.29 is 14.3 Å². The van der Waals surface area contributed by atoms with Crippen molar-refractivity contribution in [1.29, 1.82) is 0 Å². The number of imidazole rings is 1. The van der Waals surface area contributed by atoms with Gasteiger partial charge in [-0.1, -0.05) is 26.0 Å². The number of benzene rings is 2. The molecule has 0 spiro atoms. The van der Waals surface area contributed by atoms with Gasteiger partial charge in [-0.05, 0) is 120 Å². The Morgan fingerprint density at radius 3 is 2.43 bits per heavy atom. The van der Waals surface area contributed by atoms with Crippen molar-refractivity contribution in [2.24, 2.45) is 16.8 Å². The topological polar surface area (TPSA) is 85.7 Å². The molecular formula is C34H48FN5O2. The van der Waals surface area contributed by atoms with E-state index < -0.39 is 17.3 Å². The van der Waals surface area contributed by atoms with Crippen molar-refractivity contribution in [3.8, 4) is 0 Å². The van der Waals surface area contributed by atoms with E-state index in [0.717, 1.165) is 69.2 Å². The average molecular weight is 578 g/mol. The monoisotopic (exact) mass is 577 g/mol. The third kappa shape index (κ3) is 7.21. The number of carbonyl (C=O) groups excluding carboxylic acids is 1. The molecule has 8 heteroatoms. The zero-order chi connectivity index (χ0) is 30.0. The Balaban J connectivity index is 1.43. The molecule has 1 saturated heterocycles. The lowest BCUT2D eigenvalue weighted by atomic mass is 9.81. The fraction of sp³-hybridized carbons (Fsp3) is 0.588. The Morgan fingerprint density at radius 2 is 1.79 bits per heavy atom.